The van der Waals surface area contributed by atoms with Crippen molar-refractivity contribution in [3.63, 3.8) is 0 Å². The molecular formula is C26H35N5O6. The van der Waals surface area contributed by atoms with Crippen LogP contribution >= 0.6 is 0 Å². The van der Waals surface area contributed by atoms with Crippen LogP contribution in [0.5, 0.6) is 0 Å². The van der Waals surface area contributed by atoms with Crippen molar-refractivity contribution in [2.75, 3.05) is 13.2 Å². The molecule has 0 spiro atoms. The van der Waals surface area contributed by atoms with E-state index in [4.69, 9.17) is 19.7 Å². The Morgan fingerprint density at radius 2 is 1.97 bits per heavy atom. The third-order valence-electron chi connectivity index (χ3n) is 6.06. The highest BCUT2D eigenvalue weighted by Gasteiger charge is 2.45. The van der Waals surface area contributed by atoms with Crippen LogP contribution in [0, 0.1) is 0 Å². The molecule has 0 unspecified atom stereocenters. The number of carbonyl (C=O) groups is 3. The average Bonchev–Trinajstić information content (AvgIpc) is 3.33. The molecule has 2 fully saturated rings. The van der Waals surface area contributed by atoms with E-state index in [0.29, 0.717) is 19.4 Å². The van der Waals surface area contributed by atoms with Crippen molar-refractivity contribution in [3.8, 4) is 0 Å². The van der Waals surface area contributed by atoms with Gasteiger partial charge >= 0.3 is 12.2 Å². The number of nitrogens with zero attached hydrogens (tertiary/aromatic N) is 5. The number of rotatable bonds is 8. The third-order valence-corrected chi connectivity index (χ3v) is 6.06. The normalized spacial score (nSPS) is 22.0. The molecule has 2 aliphatic rings. The van der Waals surface area contributed by atoms with Gasteiger partial charge in [-0.05, 0) is 65.0 Å². The fourth-order valence-electron chi connectivity index (χ4n) is 4.37. The van der Waals surface area contributed by atoms with Crippen LogP contribution in [0.15, 0.2) is 47.6 Å². The van der Waals surface area contributed by atoms with Crippen molar-refractivity contribution in [1.82, 2.24) is 9.80 Å². The van der Waals surface area contributed by atoms with Gasteiger partial charge in [0.1, 0.15) is 24.0 Å². The van der Waals surface area contributed by atoms with Crippen LogP contribution in [0.4, 0.5) is 9.59 Å². The molecule has 37 heavy (non-hydrogen) atoms. The Morgan fingerprint density at radius 1 is 1.27 bits per heavy atom. The number of imide groups is 1. The predicted octanol–water partition coefficient (Wildman–Crippen LogP) is 4.96. The molecule has 1 aromatic rings. The van der Waals surface area contributed by atoms with Crippen LogP contribution in [0.3, 0.4) is 0 Å². The number of amides is 3. The standard InChI is InChI=1S/C26H35N5O6/c1-25(2,3)37-24(34)31-19(17-36-26(31,4)5)13-9-10-14-21(28-29-27)22(32)30-20(16-35-23(30)33)15-18-11-7-6-8-12-18/h6-9,11-13,19-21H,10,14-17H2,1-5H3/b13-9-/t19-,20-,21-/m1/s1. The zero-order valence-electron chi connectivity index (χ0n) is 22.0. The maximum Gasteiger partial charge on any atom is 0.416 e. The number of hydrogen-bond acceptors (Lipinski definition) is 7. The highest BCUT2D eigenvalue weighted by molar-refractivity contribution is 5.96. The minimum Gasteiger partial charge on any atom is -0.447 e. The van der Waals surface area contributed by atoms with Gasteiger partial charge in [-0.3, -0.25) is 9.69 Å². The van der Waals surface area contributed by atoms with Gasteiger partial charge in [-0.1, -0.05) is 47.6 Å². The minimum absolute atomic E-state index is 0.0837. The molecule has 0 bridgehead atoms. The van der Waals surface area contributed by atoms with E-state index < -0.39 is 41.5 Å². The van der Waals surface area contributed by atoms with Crippen LogP contribution in [0.25, 0.3) is 10.4 Å². The molecule has 11 heteroatoms. The van der Waals surface area contributed by atoms with Crippen molar-refractivity contribution in [2.24, 2.45) is 5.11 Å². The molecule has 200 valence electrons. The summed E-state index contributed by atoms with van der Waals surface area (Å²) in [5, 5.41) is 3.66. The lowest BCUT2D eigenvalue weighted by Crippen LogP contribution is -2.49. The minimum atomic E-state index is -1.07. The second-order valence-electron chi connectivity index (χ2n) is 10.5. The van der Waals surface area contributed by atoms with Gasteiger partial charge in [0.15, 0.2) is 0 Å². The number of cyclic esters (lactones) is 1. The summed E-state index contributed by atoms with van der Waals surface area (Å²) in [6, 6.07) is 7.57. The molecule has 3 atom stereocenters. The number of hydrogen-bond donors (Lipinski definition) is 0. The smallest absolute Gasteiger partial charge is 0.416 e. The summed E-state index contributed by atoms with van der Waals surface area (Å²) in [5.74, 6) is -0.588. The largest absolute Gasteiger partial charge is 0.447 e. The lowest BCUT2D eigenvalue weighted by Gasteiger charge is -2.34. The van der Waals surface area contributed by atoms with Gasteiger partial charge in [-0.25, -0.2) is 14.5 Å². The maximum atomic E-state index is 13.2. The predicted molar refractivity (Wildman–Crippen MR) is 135 cm³/mol. The Kier molecular flexibility index (Phi) is 8.83. The summed E-state index contributed by atoms with van der Waals surface area (Å²) in [7, 11) is 0. The van der Waals surface area contributed by atoms with E-state index in [9.17, 15) is 14.4 Å². The Balaban J connectivity index is 1.64. The molecule has 1 aromatic carbocycles. The maximum absolute atomic E-state index is 13.2. The third kappa shape index (κ3) is 7.24. The molecule has 2 aliphatic heterocycles. The topological polar surface area (TPSA) is 134 Å². The van der Waals surface area contributed by atoms with Crippen molar-refractivity contribution >= 4 is 18.1 Å². The molecule has 2 saturated heterocycles. The molecule has 3 amide bonds. The summed E-state index contributed by atoms with van der Waals surface area (Å²) in [4.78, 5) is 43.8. The number of allylic oxidation sites excluding steroid dienone is 1. The van der Waals surface area contributed by atoms with Crippen LogP contribution in [0.2, 0.25) is 0 Å². The number of benzene rings is 1. The Bertz CT molecular complexity index is 1060. The number of azide groups is 1. The fourth-order valence-corrected chi connectivity index (χ4v) is 4.37. The summed E-state index contributed by atoms with van der Waals surface area (Å²) < 4.78 is 16.5. The van der Waals surface area contributed by atoms with Gasteiger partial charge in [-0.15, -0.1) is 0 Å². The Morgan fingerprint density at radius 3 is 2.62 bits per heavy atom. The summed E-state index contributed by atoms with van der Waals surface area (Å²) in [6.07, 6.45) is 3.41. The van der Waals surface area contributed by atoms with E-state index in [0.717, 1.165) is 10.5 Å². The van der Waals surface area contributed by atoms with E-state index in [1.54, 1.807) is 39.5 Å². The molecule has 3 rings (SSSR count). The van der Waals surface area contributed by atoms with Crippen LogP contribution in [0.1, 0.15) is 53.0 Å². The van der Waals surface area contributed by atoms with Crippen molar-refractivity contribution in [3.05, 3.63) is 58.5 Å². The SMILES string of the molecule is CC(C)(C)OC(=O)N1[C@H](/C=C\CC[C@@H](N=[N+]=[N-])C(=O)N2C(=O)OC[C@H]2Cc2ccccc2)COC1(C)C. The molecule has 11 nitrogen and oxygen atoms in total. The highest BCUT2D eigenvalue weighted by atomic mass is 16.6. The molecule has 2 heterocycles. The van der Waals surface area contributed by atoms with Crippen LogP contribution in [-0.4, -0.2) is 70.6 Å². The van der Waals surface area contributed by atoms with Gasteiger partial charge in [-0.2, -0.15) is 0 Å². The first-order valence-corrected chi connectivity index (χ1v) is 12.3. The molecule has 0 aromatic heterocycles. The van der Waals surface area contributed by atoms with E-state index in [1.807, 2.05) is 42.5 Å². The van der Waals surface area contributed by atoms with Crippen molar-refractivity contribution < 1.29 is 28.6 Å². The zero-order chi connectivity index (χ0) is 27.2. The van der Waals surface area contributed by atoms with Crippen molar-refractivity contribution in [1.29, 1.82) is 0 Å². The first-order chi connectivity index (χ1) is 17.4. The second kappa shape index (κ2) is 11.7. The van der Waals surface area contributed by atoms with E-state index in [1.165, 1.54) is 0 Å². The van der Waals surface area contributed by atoms with Crippen LogP contribution in [-0.2, 0) is 25.4 Å². The lowest BCUT2D eigenvalue weighted by atomic mass is 10.0. The molecule has 0 aliphatic carbocycles. The Hall–Kier alpha value is -3.56. The van der Waals surface area contributed by atoms with Gasteiger partial charge < -0.3 is 14.2 Å². The van der Waals surface area contributed by atoms with Gasteiger partial charge in [0.25, 0.3) is 0 Å². The fraction of sp³-hybridized carbons (Fsp3) is 0.577. The highest BCUT2D eigenvalue weighted by Crippen LogP contribution is 2.30. The van der Waals surface area contributed by atoms with E-state index in [2.05, 4.69) is 10.0 Å². The molecular weight excluding hydrogens is 478 g/mol. The zero-order valence-corrected chi connectivity index (χ0v) is 22.0. The molecule has 0 radical (unpaired) electrons. The summed E-state index contributed by atoms with van der Waals surface area (Å²) >= 11 is 0. The first-order valence-electron chi connectivity index (χ1n) is 12.3. The summed E-state index contributed by atoms with van der Waals surface area (Å²) in [5.41, 5.74) is 8.52. The second-order valence-corrected chi connectivity index (χ2v) is 10.5. The van der Waals surface area contributed by atoms with E-state index >= 15 is 0 Å². The Labute approximate surface area is 217 Å². The first kappa shape index (κ1) is 28.0. The molecule has 0 N–H and O–H groups in total. The quantitative estimate of drug-likeness (QED) is 0.209. The van der Waals surface area contributed by atoms with Gasteiger partial charge in [0.2, 0.25) is 5.91 Å². The number of ether oxygens (including phenoxy) is 3. The van der Waals surface area contributed by atoms with Gasteiger partial charge in [0, 0.05) is 4.91 Å². The van der Waals surface area contributed by atoms with Gasteiger partial charge in [0.05, 0.1) is 18.7 Å². The summed E-state index contributed by atoms with van der Waals surface area (Å²) in [6.45, 7) is 9.36. The molecule has 0 saturated carbocycles. The lowest BCUT2D eigenvalue weighted by molar-refractivity contribution is -0.130. The van der Waals surface area contributed by atoms with E-state index in [-0.39, 0.29) is 19.1 Å². The van der Waals surface area contributed by atoms with Crippen molar-refractivity contribution in [2.45, 2.75) is 83.3 Å². The van der Waals surface area contributed by atoms with Crippen LogP contribution < -0.4 is 0 Å². The monoisotopic (exact) mass is 513 g/mol. The average molecular weight is 514 g/mol. The number of carbonyl (C=O) groups excluding carboxylic acids is 3.